The number of hydrogen-bond donors (Lipinski definition) is 1. The maximum Gasteiger partial charge on any atom is 0.259 e. The molecule has 0 bridgehead atoms. The standard InChI is InChI=1S/C11H15FN2O2/c1-7-4-10(8(12)5-9(7)13)16-6-11(15)14(2)3/h4-5H,6,13H2,1-3H3. The Morgan fingerprint density at radius 1 is 1.50 bits per heavy atom. The second-order valence-electron chi connectivity index (χ2n) is 3.72. The number of nitrogens with two attached hydrogens (primary N) is 1. The van der Waals surface area contributed by atoms with Crippen molar-refractivity contribution in [3.63, 3.8) is 0 Å². The van der Waals surface area contributed by atoms with Gasteiger partial charge in [-0.2, -0.15) is 0 Å². The minimum atomic E-state index is -0.561. The third kappa shape index (κ3) is 2.85. The zero-order valence-electron chi connectivity index (χ0n) is 9.58. The van der Waals surface area contributed by atoms with Gasteiger partial charge >= 0.3 is 0 Å². The molecule has 88 valence electrons. The molecule has 0 saturated heterocycles. The highest BCUT2D eigenvalue weighted by Crippen LogP contribution is 2.23. The molecule has 0 aromatic heterocycles. The molecule has 0 aliphatic carbocycles. The van der Waals surface area contributed by atoms with Gasteiger partial charge in [0, 0.05) is 25.8 Å². The summed E-state index contributed by atoms with van der Waals surface area (Å²) in [6, 6.07) is 2.67. The second kappa shape index (κ2) is 4.83. The van der Waals surface area contributed by atoms with Gasteiger partial charge in [0.25, 0.3) is 5.91 Å². The number of halogens is 1. The Labute approximate surface area is 93.8 Å². The molecule has 1 aromatic carbocycles. The van der Waals surface area contributed by atoms with Gasteiger partial charge < -0.3 is 15.4 Å². The Kier molecular flexibility index (Phi) is 3.71. The molecule has 0 aliphatic heterocycles. The normalized spacial score (nSPS) is 10.0. The van der Waals surface area contributed by atoms with Crippen molar-refractivity contribution in [2.45, 2.75) is 6.92 Å². The monoisotopic (exact) mass is 226 g/mol. The van der Waals surface area contributed by atoms with Crippen LogP contribution in [0.15, 0.2) is 12.1 Å². The number of nitrogens with zero attached hydrogens (tertiary/aromatic N) is 1. The first-order valence-electron chi connectivity index (χ1n) is 4.80. The lowest BCUT2D eigenvalue weighted by molar-refractivity contribution is -0.130. The van der Waals surface area contributed by atoms with E-state index < -0.39 is 5.82 Å². The molecule has 4 nitrogen and oxygen atoms in total. The molecule has 5 heteroatoms. The highest BCUT2D eigenvalue weighted by molar-refractivity contribution is 5.77. The number of aryl methyl sites for hydroxylation is 1. The van der Waals surface area contributed by atoms with E-state index in [1.807, 2.05) is 0 Å². The lowest BCUT2D eigenvalue weighted by atomic mass is 10.2. The highest BCUT2D eigenvalue weighted by atomic mass is 19.1. The second-order valence-corrected chi connectivity index (χ2v) is 3.72. The van der Waals surface area contributed by atoms with E-state index in [1.54, 1.807) is 21.0 Å². The molecule has 0 spiro atoms. The van der Waals surface area contributed by atoms with Gasteiger partial charge in [0.05, 0.1) is 0 Å². The van der Waals surface area contributed by atoms with Gasteiger partial charge in [0.2, 0.25) is 0 Å². The molecule has 0 atom stereocenters. The average Bonchev–Trinajstić information content (AvgIpc) is 2.20. The van der Waals surface area contributed by atoms with E-state index >= 15 is 0 Å². The summed E-state index contributed by atoms with van der Waals surface area (Å²) < 4.78 is 18.4. The molecule has 0 aliphatic rings. The summed E-state index contributed by atoms with van der Waals surface area (Å²) in [5.41, 5.74) is 6.60. The third-order valence-electron chi connectivity index (χ3n) is 2.17. The maximum atomic E-state index is 13.4. The summed E-state index contributed by atoms with van der Waals surface area (Å²) in [5.74, 6) is -0.745. The predicted molar refractivity (Wildman–Crippen MR) is 59.7 cm³/mol. The Bertz CT molecular complexity index is 405. The number of benzene rings is 1. The van der Waals surface area contributed by atoms with Crippen molar-refractivity contribution in [3.05, 3.63) is 23.5 Å². The molecular formula is C11H15FN2O2. The Hall–Kier alpha value is -1.78. The Morgan fingerprint density at radius 3 is 2.69 bits per heavy atom. The van der Waals surface area contributed by atoms with Crippen molar-refractivity contribution in [2.24, 2.45) is 0 Å². The molecule has 2 N–H and O–H groups in total. The van der Waals surface area contributed by atoms with Crippen LogP contribution in [0.4, 0.5) is 10.1 Å². The van der Waals surface area contributed by atoms with Crippen LogP contribution >= 0.6 is 0 Å². The lowest BCUT2D eigenvalue weighted by Crippen LogP contribution is -2.27. The number of amides is 1. The van der Waals surface area contributed by atoms with Gasteiger partial charge in [-0.3, -0.25) is 4.79 Å². The maximum absolute atomic E-state index is 13.4. The zero-order chi connectivity index (χ0) is 12.3. The smallest absolute Gasteiger partial charge is 0.259 e. The van der Waals surface area contributed by atoms with Gasteiger partial charge in [0.1, 0.15) is 0 Å². The van der Waals surface area contributed by atoms with Crippen molar-refractivity contribution in [1.29, 1.82) is 0 Å². The van der Waals surface area contributed by atoms with Crippen LogP contribution in [0.1, 0.15) is 5.56 Å². The van der Waals surface area contributed by atoms with Crippen molar-refractivity contribution < 1.29 is 13.9 Å². The van der Waals surface area contributed by atoms with Crippen LogP contribution in [0.3, 0.4) is 0 Å². The van der Waals surface area contributed by atoms with Crippen LogP contribution in [0.25, 0.3) is 0 Å². The first kappa shape index (κ1) is 12.3. The number of nitrogen functional groups attached to an aromatic ring is 1. The van der Waals surface area contributed by atoms with Crippen LogP contribution in [0.2, 0.25) is 0 Å². The minimum Gasteiger partial charge on any atom is -0.481 e. The van der Waals surface area contributed by atoms with Gasteiger partial charge in [-0.1, -0.05) is 0 Å². The van der Waals surface area contributed by atoms with E-state index in [2.05, 4.69) is 0 Å². The summed E-state index contributed by atoms with van der Waals surface area (Å²) >= 11 is 0. The van der Waals surface area contributed by atoms with E-state index in [0.29, 0.717) is 11.3 Å². The van der Waals surface area contributed by atoms with E-state index in [4.69, 9.17) is 10.5 Å². The first-order valence-corrected chi connectivity index (χ1v) is 4.80. The highest BCUT2D eigenvalue weighted by Gasteiger charge is 2.10. The van der Waals surface area contributed by atoms with Crippen LogP contribution < -0.4 is 10.5 Å². The molecule has 1 aromatic rings. The van der Waals surface area contributed by atoms with Gasteiger partial charge in [-0.05, 0) is 18.6 Å². The van der Waals surface area contributed by atoms with Gasteiger partial charge in [-0.25, -0.2) is 4.39 Å². The first-order chi connectivity index (χ1) is 7.41. The summed E-state index contributed by atoms with van der Waals surface area (Å²) in [6.07, 6.45) is 0. The van der Waals surface area contributed by atoms with E-state index in [9.17, 15) is 9.18 Å². The van der Waals surface area contributed by atoms with Crippen LogP contribution in [0, 0.1) is 12.7 Å². The van der Waals surface area contributed by atoms with Crippen LogP contribution in [-0.4, -0.2) is 31.5 Å². The van der Waals surface area contributed by atoms with Crippen molar-refractivity contribution in [1.82, 2.24) is 4.90 Å². The number of carbonyl (C=O) groups excluding carboxylic acids is 1. The Balaban J connectivity index is 2.75. The third-order valence-corrected chi connectivity index (χ3v) is 2.17. The minimum absolute atomic E-state index is 0.0434. The van der Waals surface area contributed by atoms with Crippen LogP contribution in [0.5, 0.6) is 5.75 Å². The van der Waals surface area contributed by atoms with E-state index in [-0.39, 0.29) is 18.3 Å². The molecule has 0 radical (unpaired) electrons. The molecule has 0 fully saturated rings. The summed E-state index contributed by atoms with van der Waals surface area (Å²) in [5, 5.41) is 0. The largest absolute Gasteiger partial charge is 0.481 e. The fourth-order valence-corrected chi connectivity index (χ4v) is 1.05. The van der Waals surface area contributed by atoms with Gasteiger partial charge in [0.15, 0.2) is 18.2 Å². The number of rotatable bonds is 3. The molecule has 0 saturated carbocycles. The quantitative estimate of drug-likeness (QED) is 0.787. The summed E-state index contributed by atoms with van der Waals surface area (Å²) in [4.78, 5) is 12.6. The van der Waals surface area contributed by atoms with Gasteiger partial charge in [-0.15, -0.1) is 0 Å². The van der Waals surface area contributed by atoms with E-state index in [1.165, 1.54) is 17.0 Å². The fourth-order valence-electron chi connectivity index (χ4n) is 1.05. The zero-order valence-corrected chi connectivity index (χ0v) is 9.58. The number of carbonyl (C=O) groups is 1. The van der Waals surface area contributed by atoms with Crippen molar-refractivity contribution in [3.8, 4) is 5.75 Å². The summed E-state index contributed by atoms with van der Waals surface area (Å²) in [6.45, 7) is 1.56. The number of likely N-dealkylation sites (N-methyl/N-ethyl adjacent to an activating group) is 1. The average molecular weight is 226 g/mol. The van der Waals surface area contributed by atoms with Crippen molar-refractivity contribution in [2.75, 3.05) is 26.4 Å². The molecule has 16 heavy (non-hydrogen) atoms. The SMILES string of the molecule is Cc1cc(OCC(=O)N(C)C)c(F)cc1N. The molecule has 1 amide bonds. The number of ether oxygens (including phenoxy) is 1. The fraction of sp³-hybridized carbons (Fsp3) is 0.364. The molecule has 0 heterocycles. The number of anilines is 1. The van der Waals surface area contributed by atoms with E-state index in [0.717, 1.165) is 0 Å². The van der Waals surface area contributed by atoms with Crippen LogP contribution in [-0.2, 0) is 4.79 Å². The lowest BCUT2D eigenvalue weighted by Gasteiger charge is -2.12. The van der Waals surface area contributed by atoms with Crippen molar-refractivity contribution >= 4 is 11.6 Å². The Morgan fingerprint density at radius 2 is 2.12 bits per heavy atom. The molecule has 0 unspecified atom stereocenters. The number of hydrogen-bond acceptors (Lipinski definition) is 3. The predicted octanol–water partition coefficient (Wildman–Crippen LogP) is 1.18. The summed E-state index contributed by atoms with van der Waals surface area (Å²) in [7, 11) is 3.21. The molecular weight excluding hydrogens is 211 g/mol. The topological polar surface area (TPSA) is 55.6 Å². The molecule has 1 rings (SSSR count).